The number of amides is 1. The van der Waals surface area contributed by atoms with Crippen LogP contribution < -0.4 is 0 Å². The summed E-state index contributed by atoms with van der Waals surface area (Å²) in [4.78, 5) is 12.5. The molecule has 1 heterocycles. The highest BCUT2D eigenvalue weighted by Gasteiger charge is 2.41. The van der Waals surface area contributed by atoms with Crippen LogP contribution in [0.25, 0.3) is 0 Å². The van der Waals surface area contributed by atoms with Crippen LogP contribution in [0.2, 0.25) is 0 Å². The Morgan fingerprint density at radius 2 is 2.00 bits per heavy atom. The summed E-state index contributed by atoms with van der Waals surface area (Å²) in [6.07, 6.45) is 0.241. The summed E-state index contributed by atoms with van der Waals surface area (Å²) in [7, 11) is -3.87. The monoisotopic (exact) mass is 313 g/mol. The topological polar surface area (TPSA) is 83.9 Å². The largest absolute Gasteiger partial charge is 0.465 e. The van der Waals surface area contributed by atoms with Crippen molar-refractivity contribution in [3.63, 3.8) is 0 Å². The molecule has 1 aliphatic heterocycles. The Bertz CT molecular complexity index is 625. The molecule has 0 unspecified atom stereocenters. The molecular formula is C14H19NO5S. The minimum absolute atomic E-state index is 0.0802. The van der Waals surface area contributed by atoms with Gasteiger partial charge in [0.25, 0.3) is 10.1 Å². The third-order valence-electron chi connectivity index (χ3n) is 3.81. The number of hydrogen-bond donors (Lipinski definition) is 1. The van der Waals surface area contributed by atoms with Crippen molar-refractivity contribution >= 4 is 16.2 Å². The lowest BCUT2D eigenvalue weighted by Crippen LogP contribution is -2.48. The molecular weight excluding hydrogens is 294 g/mol. The molecule has 1 N–H and O–H groups in total. The van der Waals surface area contributed by atoms with Crippen LogP contribution in [0.15, 0.2) is 29.2 Å². The first kappa shape index (κ1) is 15.8. The Kier molecular flexibility index (Phi) is 4.25. The maximum Gasteiger partial charge on any atom is 0.407 e. The number of carbonyl (C=O) groups is 1. The highest BCUT2D eigenvalue weighted by molar-refractivity contribution is 7.86. The van der Waals surface area contributed by atoms with Gasteiger partial charge in [-0.3, -0.25) is 4.18 Å². The van der Waals surface area contributed by atoms with E-state index in [0.717, 1.165) is 5.56 Å². The Hall–Kier alpha value is -1.60. The zero-order chi connectivity index (χ0) is 15.7. The number of hydrogen-bond acceptors (Lipinski definition) is 4. The minimum atomic E-state index is -3.87. The van der Waals surface area contributed by atoms with Crippen LogP contribution in [-0.2, 0) is 14.3 Å². The molecule has 1 fully saturated rings. The van der Waals surface area contributed by atoms with Crippen LogP contribution in [-0.4, -0.2) is 43.2 Å². The van der Waals surface area contributed by atoms with E-state index in [9.17, 15) is 13.2 Å². The summed E-state index contributed by atoms with van der Waals surface area (Å²) in [6, 6.07) is 6.35. The van der Waals surface area contributed by atoms with Gasteiger partial charge in [-0.25, -0.2) is 4.79 Å². The molecule has 6 nitrogen and oxygen atoms in total. The second kappa shape index (κ2) is 5.65. The average molecular weight is 313 g/mol. The van der Waals surface area contributed by atoms with E-state index in [2.05, 4.69) is 0 Å². The van der Waals surface area contributed by atoms with Gasteiger partial charge in [0.2, 0.25) is 0 Å². The van der Waals surface area contributed by atoms with Gasteiger partial charge in [-0.15, -0.1) is 0 Å². The van der Waals surface area contributed by atoms with Crippen molar-refractivity contribution in [1.82, 2.24) is 4.90 Å². The van der Waals surface area contributed by atoms with Gasteiger partial charge in [-0.1, -0.05) is 17.7 Å². The van der Waals surface area contributed by atoms with Crippen molar-refractivity contribution in [3.05, 3.63) is 29.8 Å². The van der Waals surface area contributed by atoms with E-state index in [1.54, 1.807) is 19.1 Å². The summed E-state index contributed by atoms with van der Waals surface area (Å²) in [5, 5.41) is 9.15. The van der Waals surface area contributed by atoms with Gasteiger partial charge >= 0.3 is 6.09 Å². The molecule has 116 valence electrons. The van der Waals surface area contributed by atoms with Crippen LogP contribution in [0, 0.1) is 6.92 Å². The van der Waals surface area contributed by atoms with Gasteiger partial charge in [-0.2, -0.15) is 8.42 Å². The molecule has 2 rings (SSSR count). The van der Waals surface area contributed by atoms with Gasteiger partial charge < -0.3 is 10.0 Å². The third kappa shape index (κ3) is 3.36. The zero-order valence-electron chi connectivity index (χ0n) is 12.1. The molecule has 1 atom stereocenters. The molecule has 1 aromatic carbocycles. The Morgan fingerprint density at radius 1 is 1.38 bits per heavy atom. The van der Waals surface area contributed by atoms with Crippen LogP contribution in [0.5, 0.6) is 0 Å². The van der Waals surface area contributed by atoms with Crippen molar-refractivity contribution in [1.29, 1.82) is 0 Å². The van der Waals surface area contributed by atoms with E-state index in [1.165, 1.54) is 17.0 Å². The fraction of sp³-hybridized carbons (Fsp3) is 0.500. The fourth-order valence-corrected chi connectivity index (χ4v) is 3.49. The van der Waals surface area contributed by atoms with Gasteiger partial charge in [0.15, 0.2) is 0 Å². The van der Waals surface area contributed by atoms with Gasteiger partial charge in [0.05, 0.1) is 17.0 Å². The number of aryl methyl sites for hydroxylation is 1. The summed E-state index contributed by atoms with van der Waals surface area (Å²) in [5.41, 5.74) is 0.151. The Morgan fingerprint density at radius 3 is 2.57 bits per heavy atom. The second-order valence-corrected chi connectivity index (χ2v) is 7.18. The standard InChI is InChI=1S/C14H19NO5S/c1-11-4-6-12(7-5-11)21(18,19)20-10-14(2)8-3-9-15(14)13(16)17/h4-7H,3,8-10H2,1-2H3,(H,16,17)/t14-/m1/s1. The molecule has 0 bridgehead atoms. The first-order valence-corrected chi connectivity index (χ1v) is 8.12. The third-order valence-corrected chi connectivity index (χ3v) is 5.09. The van der Waals surface area contributed by atoms with Crippen molar-refractivity contribution in [2.45, 2.75) is 37.1 Å². The van der Waals surface area contributed by atoms with E-state index < -0.39 is 21.8 Å². The number of rotatable bonds is 4. The molecule has 1 aromatic rings. The fourth-order valence-electron chi connectivity index (χ4n) is 2.48. The molecule has 0 aliphatic carbocycles. The highest BCUT2D eigenvalue weighted by atomic mass is 32.2. The van der Waals surface area contributed by atoms with Crippen molar-refractivity contribution in [2.24, 2.45) is 0 Å². The van der Waals surface area contributed by atoms with E-state index in [1.807, 2.05) is 6.92 Å². The smallest absolute Gasteiger partial charge is 0.407 e. The minimum Gasteiger partial charge on any atom is -0.465 e. The molecule has 0 radical (unpaired) electrons. The van der Waals surface area contributed by atoms with Crippen LogP contribution >= 0.6 is 0 Å². The normalized spacial score (nSPS) is 22.5. The van der Waals surface area contributed by atoms with Crippen LogP contribution in [0.3, 0.4) is 0 Å². The number of benzene rings is 1. The molecule has 1 amide bonds. The number of likely N-dealkylation sites (tertiary alicyclic amines) is 1. The predicted octanol–water partition coefficient (Wildman–Crippen LogP) is 2.23. The van der Waals surface area contributed by atoms with E-state index >= 15 is 0 Å². The molecule has 21 heavy (non-hydrogen) atoms. The first-order chi connectivity index (χ1) is 9.74. The zero-order valence-corrected chi connectivity index (χ0v) is 12.9. The van der Waals surface area contributed by atoms with Crippen molar-refractivity contribution in [2.75, 3.05) is 13.2 Å². The molecule has 1 saturated heterocycles. The molecule has 7 heteroatoms. The molecule has 0 aromatic heterocycles. The average Bonchev–Trinajstić information content (AvgIpc) is 2.80. The van der Waals surface area contributed by atoms with E-state index in [-0.39, 0.29) is 11.5 Å². The number of nitrogens with zero attached hydrogens (tertiary/aromatic N) is 1. The summed E-state index contributed by atoms with van der Waals surface area (Å²) < 4.78 is 29.4. The molecule has 1 aliphatic rings. The van der Waals surface area contributed by atoms with Crippen molar-refractivity contribution < 1.29 is 22.5 Å². The van der Waals surface area contributed by atoms with Crippen molar-refractivity contribution in [3.8, 4) is 0 Å². The van der Waals surface area contributed by atoms with Crippen LogP contribution in [0.4, 0.5) is 4.79 Å². The first-order valence-electron chi connectivity index (χ1n) is 6.71. The summed E-state index contributed by atoms with van der Waals surface area (Å²) in [6.45, 7) is 3.80. The number of carboxylic acid groups (broad SMARTS) is 1. The maximum atomic E-state index is 12.1. The lowest BCUT2D eigenvalue weighted by Gasteiger charge is -2.32. The molecule has 0 spiro atoms. The highest BCUT2D eigenvalue weighted by Crippen LogP contribution is 2.30. The quantitative estimate of drug-likeness (QED) is 0.862. The maximum absolute atomic E-state index is 12.1. The Balaban J connectivity index is 2.11. The molecule has 0 saturated carbocycles. The second-order valence-electron chi connectivity index (χ2n) is 5.56. The van der Waals surface area contributed by atoms with Crippen LogP contribution in [0.1, 0.15) is 25.3 Å². The van der Waals surface area contributed by atoms with Gasteiger partial charge in [-0.05, 0) is 38.8 Å². The van der Waals surface area contributed by atoms with Gasteiger partial charge in [0.1, 0.15) is 0 Å². The van der Waals surface area contributed by atoms with E-state index in [0.29, 0.717) is 19.4 Å². The van der Waals surface area contributed by atoms with Gasteiger partial charge in [0, 0.05) is 6.54 Å². The predicted molar refractivity (Wildman–Crippen MR) is 76.7 cm³/mol. The lowest BCUT2D eigenvalue weighted by atomic mass is 10.0. The lowest BCUT2D eigenvalue weighted by molar-refractivity contribution is 0.0804. The van der Waals surface area contributed by atoms with E-state index in [4.69, 9.17) is 9.29 Å². The summed E-state index contributed by atoms with van der Waals surface area (Å²) >= 11 is 0. The Labute approximate surface area is 124 Å². The summed E-state index contributed by atoms with van der Waals surface area (Å²) in [5.74, 6) is 0. The SMILES string of the molecule is Cc1ccc(S(=O)(=O)OC[C@@]2(C)CCCN2C(=O)O)cc1.